The molecule has 3 rings (SSSR count). The molecule has 24 heavy (non-hydrogen) atoms. The van der Waals surface area contributed by atoms with E-state index in [0.29, 0.717) is 12.3 Å². The van der Waals surface area contributed by atoms with Crippen molar-refractivity contribution in [2.45, 2.75) is 6.92 Å². The molecule has 0 bridgehead atoms. The quantitative estimate of drug-likeness (QED) is 0.721. The van der Waals surface area contributed by atoms with Crippen molar-refractivity contribution < 1.29 is 14.3 Å². The van der Waals surface area contributed by atoms with Gasteiger partial charge >= 0.3 is 6.09 Å². The number of methoxy groups -OCH3 is 1. The number of aromatic nitrogens is 2. The predicted molar refractivity (Wildman–Crippen MR) is 92.1 cm³/mol. The van der Waals surface area contributed by atoms with Crippen molar-refractivity contribution in [3.63, 3.8) is 0 Å². The average Bonchev–Trinajstić information content (AvgIpc) is 3.08. The number of hydrogen-bond donors (Lipinski definition) is 0. The summed E-state index contributed by atoms with van der Waals surface area (Å²) >= 11 is 0. The zero-order valence-corrected chi connectivity index (χ0v) is 13.6. The van der Waals surface area contributed by atoms with E-state index >= 15 is 0 Å². The molecule has 0 aliphatic heterocycles. The number of ether oxygens (including phenoxy) is 2. The van der Waals surface area contributed by atoms with Gasteiger partial charge in [0.15, 0.2) is 0 Å². The van der Waals surface area contributed by atoms with Gasteiger partial charge in [-0.2, -0.15) is 9.78 Å². The summed E-state index contributed by atoms with van der Waals surface area (Å²) in [6.45, 7) is 2.06. The third-order valence-corrected chi connectivity index (χ3v) is 3.66. The van der Waals surface area contributed by atoms with Crippen LogP contribution in [0.15, 0.2) is 60.8 Å². The minimum absolute atomic E-state index is 0.293. The molecule has 0 spiro atoms. The second-order valence-electron chi connectivity index (χ2n) is 5.11. The van der Waals surface area contributed by atoms with Crippen molar-refractivity contribution in [3.05, 3.63) is 60.8 Å². The number of rotatable bonds is 4. The lowest BCUT2D eigenvalue weighted by Gasteiger charge is -2.10. The molecule has 5 nitrogen and oxygen atoms in total. The van der Waals surface area contributed by atoms with Crippen LogP contribution in [0.4, 0.5) is 4.79 Å². The van der Waals surface area contributed by atoms with Crippen LogP contribution in [0.3, 0.4) is 0 Å². The van der Waals surface area contributed by atoms with Gasteiger partial charge in [-0.3, -0.25) is 0 Å². The summed E-state index contributed by atoms with van der Waals surface area (Å²) in [6, 6.07) is 17.3. The van der Waals surface area contributed by atoms with Crippen LogP contribution in [0, 0.1) is 0 Å². The van der Waals surface area contributed by atoms with E-state index in [9.17, 15) is 4.79 Å². The largest absolute Gasteiger partial charge is 0.497 e. The van der Waals surface area contributed by atoms with Crippen molar-refractivity contribution in [2.75, 3.05) is 13.7 Å². The molecule has 0 aliphatic carbocycles. The van der Waals surface area contributed by atoms with Crippen LogP contribution < -0.4 is 4.74 Å². The molecule has 3 aromatic rings. The molecule has 0 unspecified atom stereocenters. The molecule has 0 N–H and O–H groups in total. The molecular formula is C19H18N2O3. The Morgan fingerprint density at radius 1 is 1.04 bits per heavy atom. The highest BCUT2D eigenvalue weighted by Gasteiger charge is 2.19. The Balaban J connectivity index is 2.15. The Morgan fingerprint density at radius 2 is 1.75 bits per heavy atom. The first-order valence-corrected chi connectivity index (χ1v) is 7.69. The normalized spacial score (nSPS) is 10.4. The fourth-order valence-electron chi connectivity index (χ4n) is 2.53. The van der Waals surface area contributed by atoms with Gasteiger partial charge in [-0.1, -0.05) is 30.3 Å². The molecule has 0 amide bonds. The standard InChI is InChI=1S/C19H18N2O3/c1-3-24-19(22)21-18(15-9-11-16(23-2)12-10-15)17(13-20-21)14-7-5-4-6-8-14/h4-13H,3H2,1-2H3. The van der Waals surface area contributed by atoms with E-state index in [0.717, 1.165) is 22.4 Å². The maximum atomic E-state index is 12.3. The number of nitrogens with zero attached hydrogens (tertiary/aromatic N) is 2. The van der Waals surface area contributed by atoms with Crippen molar-refractivity contribution in [1.29, 1.82) is 0 Å². The van der Waals surface area contributed by atoms with E-state index < -0.39 is 6.09 Å². The van der Waals surface area contributed by atoms with Crippen molar-refractivity contribution in [1.82, 2.24) is 9.78 Å². The first kappa shape index (κ1) is 15.8. The zero-order valence-electron chi connectivity index (χ0n) is 13.6. The summed E-state index contributed by atoms with van der Waals surface area (Å²) in [5.41, 5.74) is 3.41. The maximum absolute atomic E-state index is 12.3. The summed E-state index contributed by atoms with van der Waals surface area (Å²) in [7, 11) is 1.62. The van der Waals surface area contributed by atoms with Gasteiger partial charge in [0, 0.05) is 11.1 Å². The van der Waals surface area contributed by atoms with E-state index in [1.807, 2.05) is 54.6 Å². The molecule has 0 saturated carbocycles. The maximum Gasteiger partial charge on any atom is 0.435 e. The fraction of sp³-hybridized carbons (Fsp3) is 0.158. The lowest BCUT2D eigenvalue weighted by Crippen LogP contribution is -2.16. The Kier molecular flexibility index (Phi) is 4.61. The van der Waals surface area contributed by atoms with Crippen LogP contribution in [0.5, 0.6) is 5.75 Å². The van der Waals surface area contributed by atoms with Gasteiger partial charge in [-0.15, -0.1) is 0 Å². The van der Waals surface area contributed by atoms with Gasteiger partial charge in [0.2, 0.25) is 0 Å². The smallest absolute Gasteiger partial charge is 0.435 e. The summed E-state index contributed by atoms with van der Waals surface area (Å²) in [4.78, 5) is 12.3. The van der Waals surface area contributed by atoms with Crippen molar-refractivity contribution >= 4 is 6.09 Å². The highest BCUT2D eigenvalue weighted by atomic mass is 16.5. The molecule has 5 heteroatoms. The SMILES string of the molecule is CCOC(=O)n1ncc(-c2ccccc2)c1-c1ccc(OC)cc1. The number of carbonyl (C=O) groups is 1. The Labute approximate surface area is 140 Å². The van der Waals surface area contributed by atoms with Crippen LogP contribution in [0.2, 0.25) is 0 Å². The minimum atomic E-state index is -0.495. The van der Waals surface area contributed by atoms with E-state index in [4.69, 9.17) is 9.47 Å². The lowest BCUT2D eigenvalue weighted by atomic mass is 10.0. The molecule has 0 saturated heterocycles. The Hall–Kier alpha value is -3.08. The average molecular weight is 322 g/mol. The monoisotopic (exact) mass is 322 g/mol. The molecule has 122 valence electrons. The van der Waals surface area contributed by atoms with Crippen LogP contribution in [0.1, 0.15) is 6.92 Å². The van der Waals surface area contributed by atoms with Crippen LogP contribution in [-0.4, -0.2) is 29.6 Å². The van der Waals surface area contributed by atoms with E-state index in [-0.39, 0.29) is 0 Å². The highest BCUT2D eigenvalue weighted by molar-refractivity contribution is 5.87. The summed E-state index contributed by atoms with van der Waals surface area (Å²) < 4.78 is 11.6. The third kappa shape index (κ3) is 3.01. The second-order valence-corrected chi connectivity index (χ2v) is 5.11. The van der Waals surface area contributed by atoms with Gasteiger partial charge in [0.05, 0.1) is 25.6 Å². The predicted octanol–water partition coefficient (Wildman–Crippen LogP) is 4.23. The number of carbonyl (C=O) groups excluding carboxylic acids is 1. The second kappa shape index (κ2) is 7.00. The molecule has 2 aromatic carbocycles. The van der Waals surface area contributed by atoms with Gasteiger partial charge in [0.1, 0.15) is 5.75 Å². The summed E-state index contributed by atoms with van der Waals surface area (Å²) in [5, 5.41) is 4.24. The molecule has 0 fully saturated rings. The molecular weight excluding hydrogens is 304 g/mol. The van der Waals surface area contributed by atoms with Gasteiger partial charge in [-0.25, -0.2) is 4.79 Å². The molecule has 0 radical (unpaired) electrons. The van der Waals surface area contributed by atoms with Crippen LogP contribution >= 0.6 is 0 Å². The third-order valence-electron chi connectivity index (χ3n) is 3.66. The molecule has 1 heterocycles. The van der Waals surface area contributed by atoms with Crippen molar-refractivity contribution in [2.24, 2.45) is 0 Å². The van der Waals surface area contributed by atoms with E-state index in [1.54, 1.807) is 20.2 Å². The first-order valence-electron chi connectivity index (χ1n) is 7.69. The summed E-state index contributed by atoms with van der Waals surface area (Å²) in [6.07, 6.45) is 1.19. The fourth-order valence-corrected chi connectivity index (χ4v) is 2.53. The Bertz CT molecular complexity index is 824. The van der Waals surface area contributed by atoms with Gasteiger partial charge in [-0.05, 0) is 36.8 Å². The van der Waals surface area contributed by atoms with E-state index in [1.165, 1.54) is 4.68 Å². The first-order chi connectivity index (χ1) is 11.7. The zero-order chi connectivity index (χ0) is 16.9. The molecule has 0 aliphatic rings. The number of benzene rings is 2. The highest BCUT2D eigenvalue weighted by Crippen LogP contribution is 2.33. The molecule has 1 aromatic heterocycles. The molecule has 0 atom stereocenters. The topological polar surface area (TPSA) is 53.4 Å². The van der Waals surface area contributed by atoms with Crippen LogP contribution in [-0.2, 0) is 4.74 Å². The summed E-state index contributed by atoms with van der Waals surface area (Å²) in [5.74, 6) is 0.752. The van der Waals surface area contributed by atoms with Gasteiger partial charge in [0.25, 0.3) is 0 Å². The lowest BCUT2D eigenvalue weighted by molar-refractivity contribution is 0.151. The minimum Gasteiger partial charge on any atom is -0.497 e. The van der Waals surface area contributed by atoms with Crippen molar-refractivity contribution in [3.8, 4) is 28.1 Å². The van der Waals surface area contributed by atoms with Gasteiger partial charge < -0.3 is 9.47 Å². The van der Waals surface area contributed by atoms with E-state index in [2.05, 4.69) is 5.10 Å². The Morgan fingerprint density at radius 3 is 2.38 bits per heavy atom. The number of hydrogen-bond acceptors (Lipinski definition) is 4. The van der Waals surface area contributed by atoms with Crippen LogP contribution in [0.25, 0.3) is 22.4 Å².